The van der Waals surface area contributed by atoms with Crippen LogP contribution in [0.3, 0.4) is 0 Å². The Labute approximate surface area is 603 Å². The Morgan fingerprint density at radius 3 is 1.91 bits per heavy atom. The van der Waals surface area contributed by atoms with E-state index in [1.165, 1.54) is 36.9 Å². The fourth-order valence-electron chi connectivity index (χ4n) is 13.5. The molecule has 0 fully saturated rings. The molecule has 5 N–H and O–H groups in total. The maximum atomic E-state index is 17.1. The summed E-state index contributed by atoms with van der Waals surface area (Å²) < 4.78 is 33.9. The number of rotatable bonds is 14. The van der Waals surface area contributed by atoms with E-state index in [1.807, 2.05) is 115 Å². The fourth-order valence-corrected chi connectivity index (χ4v) is 14.1. The van der Waals surface area contributed by atoms with Gasteiger partial charge in [0.2, 0.25) is 10.9 Å². The molecule has 2 amide bonds. The van der Waals surface area contributed by atoms with Crippen LogP contribution in [0, 0.1) is 11.6 Å². The predicted molar refractivity (Wildman–Crippen MR) is 409 cm³/mol. The number of hydrogen-bond donors (Lipinski definition) is 5. The van der Waals surface area contributed by atoms with Gasteiger partial charge in [0.15, 0.2) is 5.43 Å². The van der Waals surface area contributed by atoms with Gasteiger partial charge in [-0.2, -0.15) is 0 Å². The van der Waals surface area contributed by atoms with Crippen molar-refractivity contribution < 1.29 is 18.4 Å². The number of amides is 2. The molecule has 105 heavy (non-hydrogen) atoms. The smallest absolute Gasteiger partial charge is 0.257 e. The first-order chi connectivity index (χ1) is 51.2. The van der Waals surface area contributed by atoms with Crippen molar-refractivity contribution in [2.75, 3.05) is 5.32 Å². The second-order valence-corrected chi connectivity index (χ2v) is 26.0. The number of H-pyrrole nitrogens is 3. The van der Waals surface area contributed by atoms with Crippen LogP contribution >= 0.6 is 23.2 Å². The Morgan fingerprint density at radius 1 is 0.476 bits per heavy atom. The lowest BCUT2D eigenvalue weighted by atomic mass is 9.93. The van der Waals surface area contributed by atoms with Crippen LogP contribution in [0.2, 0.25) is 10.2 Å². The standard InChI is InChI=1S/C85H51Cl2F2N11O5/c86-66-38-55(71-73(89)72-70(101)27-29-91-83(72)100-77(71)47-15-6-2-7-16-47)34-56-35-57(42-92-76(56)66)60-37-53(22-25-67(60)88)75-61(39-63-78(102)65(43-93-81(63)99-75)85(105)95-41-45-12-4-1-5-13-45)49-21-24-59-54(33-49)36-58(96-80(59)87)31-46-14-10-19-52(30-46)74-62(50-23-26-68-51(32-50)20-11-28-90-68)40-64-79(103)69(44-94-82(64)98-74)97-84(104)48-17-8-3-9-18-48/h1-30,32-40,42-44H,31,41H2,(H,95,105)(H,97,104)(H,91,100,101)(H,93,99,102)(H,94,98,103). The Hall–Kier alpha value is -13.6. The van der Waals surface area contributed by atoms with Crippen molar-refractivity contribution in [1.82, 2.24) is 50.2 Å². The molecule has 8 aromatic carbocycles. The van der Waals surface area contributed by atoms with Crippen LogP contribution in [0.4, 0.5) is 14.5 Å². The SMILES string of the molecule is O=C(Nc1c[nH]c2nc(-c3cccc(Cc4cc5cc(-c6cc7c(=O)c(C(=O)NCc8ccccc8)c[nH]c7nc6-c6ccc(F)c(-c7cnc8c(Cl)cc(-c9c(-c%10ccccc%10)nc%10[nH]ccc(=O)c%10c9F)cc8c7)c6)ccc5c(Cl)n4)c3)c(-c3ccc4ncccc4c3)cc2c1=O)c1ccccc1. The number of nitrogens with one attached hydrogen (secondary N) is 5. The van der Waals surface area contributed by atoms with Crippen molar-refractivity contribution in [3.8, 4) is 78.3 Å². The van der Waals surface area contributed by atoms with Gasteiger partial charge in [0.05, 0.1) is 43.9 Å². The van der Waals surface area contributed by atoms with Crippen molar-refractivity contribution in [3.63, 3.8) is 0 Å². The quantitative estimate of drug-likeness (QED) is 0.0642. The molecular weight excluding hydrogens is 1360 g/mol. The van der Waals surface area contributed by atoms with Crippen LogP contribution in [0.5, 0.6) is 0 Å². The van der Waals surface area contributed by atoms with Crippen LogP contribution < -0.4 is 26.9 Å². The van der Waals surface area contributed by atoms with Gasteiger partial charge in [0.1, 0.15) is 50.4 Å². The molecule has 9 aromatic heterocycles. The van der Waals surface area contributed by atoms with Gasteiger partial charge in [-0.3, -0.25) is 33.9 Å². The highest BCUT2D eigenvalue weighted by molar-refractivity contribution is 6.35. The van der Waals surface area contributed by atoms with Crippen molar-refractivity contribution >= 4 is 106 Å². The highest BCUT2D eigenvalue weighted by Crippen LogP contribution is 2.43. The van der Waals surface area contributed by atoms with Gasteiger partial charge in [-0.25, -0.2) is 28.7 Å². The summed E-state index contributed by atoms with van der Waals surface area (Å²) in [4.78, 5) is 108. The summed E-state index contributed by atoms with van der Waals surface area (Å²) in [5.74, 6) is -2.45. The van der Waals surface area contributed by atoms with Crippen LogP contribution in [0.15, 0.2) is 270 Å². The van der Waals surface area contributed by atoms with E-state index < -0.39 is 39.7 Å². The molecule has 0 saturated heterocycles. The minimum Gasteiger partial charge on any atom is -0.348 e. The van der Waals surface area contributed by atoms with E-state index in [4.69, 9.17) is 48.1 Å². The number of carbonyl (C=O) groups excluding carboxylic acids is 2. The number of benzene rings is 8. The Balaban J connectivity index is 0.757. The van der Waals surface area contributed by atoms with Crippen LogP contribution in [-0.4, -0.2) is 56.7 Å². The van der Waals surface area contributed by atoms with Crippen LogP contribution in [-0.2, 0) is 13.0 Å². The van der Waals surface area contributed by atoms with E-state index in [2.05, 4.69) is 30.6 Å². The van der Waals surface area contributed by atoms with E-state index in [1.54, 1.807) is 103 Å². The number of carbonyl (C=O) groups is 2. The van der Waals surface area contributed by atoms with Gasteiger partial charge >= 0.3 is 0 Å². The van der Waals surface area contributed by atoms with Crippen LogP contribution in [0.1, 0.15) is 37.5 Å². The average molecular weight is 1420 g/mol. The van der Waals surface area contributed by atoms with Gasteiger partial charge < -0.3 is 25.6 Å². The fraction of sp³-hybridized carbons (Fsp3) is 0.0235. The molecule has 20 heteroatoms. The molecular formula is C85H51Cl2F2N11O5. The normalized spacial score (nSPS) is 11.5. The van der Waals surface area contributed by atoms with E-state index in [0.29, 0.717) is 95.3 Å². The maximum absolute atomic E-state index is 17.1. The van der Waals surface area contributed by atoms with Gasteiger partial charge in [0.25, 0.3) is 11.8 Å². The van der Waals surface area contributed by atoms with Gasteiger partial charge in [0, 0.05) is 122 Å². The molecule has 17 rings (SSSR count). The zero-order valence-corrected chi connectivity index (χ0v) is 56.4. The van der Waals surface area contributed by atoms with E-state index in [-0.39, 0.29) is 72.2 Å². The first-order valence-corrected chi connectivity index (χ1v) is 34.0. The third-order valence-electron chi connectivity index (χ3n) is 18.7. The van der Waals surface area contributed by atoms with Crippen molar-refractivity contribution in [2.45, 2.75) is 13.0 Å². The second-order valence-electron chi connectivity index (χ2n) is 25.3. The molecule has 504 valence electrons. The zero-order valence-electron chi connectivity index (χ0n) is 54.9. The molecule has 0 atom stereocenters. The summed E-state index contributed by atoms with van der Waals surface area (Å²) in [6.45, 7) is 0.171. The molecule has 0 bridgehead atoms. The average Bonchev–Trinajstić information content (AvgIpc) is 0.756. The van der Waals surface area contributed by atoms with Crippen LogP contribution in [0.25, 0.3) is 144 Å². The second kappa shape index (κ2) is 26.8. The lowest BCUT2D eigenvalue weighted by molar-refractivity contribution is 0.0948. The molecule has 0 radical (unpaired) electrons. The van der Waals surface area contributed by atoms with Gasteiger partial charge in [-0.05, 0) is 130 Å². The van der Waals surface area contributed by atoms with E-state index in [9.17, 15) is 24.0 Å². The largest absolute Gasteiger partial charge is 0.348 e. The molecule has 17 aromatic rings. The number of pyridine rings is 9. The third kappa shape index (κ3) is 12.2. The minimum absolute atomic E-state index is 0.0293. The number of aromatic nitrogens is 9. The summed E-state index contributed by atoms with van der Waals surface area (Å²) in [6.07, 6.45) is 7.71. The highest BCUT2D eigenvalue weighted by atomic mass is 35.5. The maximum Gasteiger partial charge on any atom is 0.257 e. The summed E-state index contributed by atoms with van der Waals surface area (Å²) in [6, 6.07) is 66.1. The number of nitrogens with zero attached hydrogens (tertiary/aromatic N) is 6. The Morgan fingerprint density at radius 2 is 1.13 bits per heavy atom. The molecule has 0 aliphatic carbocycles. The monoisotopic (exact) mass is 1410 g/mol. The van der Waals surface area contributed by atoms with Crippen molar-refractivity contribution in [2.24, 2.45) is 0 Å². The molecule has 0 spiro atoms. The summed E-state index contributed by atoms with van der Waals surface area (Å²) in [5.41, 5.74) is 8.84. The van der Waals surface area contributed by atoms with Gasteiger partial charge in [-0.1, -0.05) is 145 Å². The molecule has 0 aliphatic rings. The number of fused-ring (bicyclic) bond motifs is 6. The molecule has 0 saturated carbocycles. The summed E-state index contributed by atoms with van der Waals surface area (Å²) in [5, 5.41) is 8.77. The molecule has 9 heterocycles. The molecule has 0 aliphatic heterocycles. The lowest BCUT2D eigenvalue weighted by Gasteiger charge is -2.15. The predicted octanol–water partition coefficient (Wildman–Crippen LogP) is 18.1. The molecule has 0 unspecified atom stereocenters. The summed E-state index contributed by atoms with van der Waals surface area (Å²) in [7, 11) is 0. The third-order valence-corrected chi connectivity index (χ3v) is 19.2. The minimum atomic E-state index is -0.802. The Kier molecular flexibility index (Phi) is 16.5. The number of aromatic amines is 3. The number of halogens is 4. The highest BCUT2D eigenvalue weighted by Gasteiger charge is 2.25. The molecule has 16 nitrogen and oxygen atoms in total. The zero-order chi connectivity index (χ0) is 71.6. The van der Waals surface area contributed by atoms with Crippen molar-refractivity contribution in [1.29, 1.82) is 0 Å². The number of anilines is 1. The van der Waals surface area contributed by atoms with Crippen molar-refractivity contribution in [3.05, 3.63) is 336 Å². The first-order valence-electron chi connectivity index (χ1n) is 33.2. The van der Waals surface area contributed by atoms with Gasteiger partial charge in [-0.15, -0.1) is 0 Å². The van der Waals surface area contributed by atoms with E-state index in [0.717, 1.165) is 33.2 Å². The topological polar surface area (TPSA) is 234 Å². The lowest BCUT2D eigenvalue weighted by Crippen LogP contribution is -2.28. The Bertz CT molecular complexity index is 6680. The summed E-state index contributed by atoms with van der Waals surface area (Å²) >= 11 is 14.2. The van der Waals surface area contributed by atoms with E-state index >= 15 is 8.78 Å². The first kappa shape index (κ1) is 64.8. The number of hydrogen-bond acceptors (Lipinski definition) is 11.